The average Bonchev–Trinajstić information content (AvgIpc) is 3.30. The Morgan fingerprint density at radius 3 is 2.45 bits per heavy atom. The number of aromatic nitrogens is 2. The quantitative estimate of drug-likeness (QED) is 0.549. The van der Waals surface area contributed by atoms with Crippen molar-refractivity contribution < 1.29 is 22.3 Å². The zero-order valence-corrected chi connectivity index (χ0v) is 18.3. The molecule has 0 saturated carbocycles. The maximum atomic E-state index is 13.1. The Morgan fingerprint density at radius 1 is 1.06 bits per heavy atom. The molecule has 0 radical (unpaired) electrons. The molecule has 1 aromatic heterocycles. The third kappa shape index (κ3) is 4.57. The SMILES string of the molecule is CCOc1ccc(S(=O)(=O)N2CCC[C@H](c3nnc(-c4ccc(OC)cc4)o3)C2)cc1. The molecule has 0 amide bonds. The van der Waals surface area contributed by atoms with Crippen LogP contribution in [0.3, 0.4) is 0 Å². The van der Waals surface area contributed by atoms with Crippen LogP contribution in [0.5, 0.6) is 11.5 Å². The zero-order valence-electron chi connectivity index (χ0n) is 17.5. The lowest BCUT2D eigenvalue weighted by molar-refractivity contribution is 0.286. The van der Waals surface area contributed by atoms with Gasteiger partial charge in [0.15, 0.2) is 0 Å². The molecule has 1 atom stereocenters. The van der Waals surface area contributed by atoms with E-state index in [1.807, 2.05) is 31.2 Å². The van der Waals surface area contributed by atoms with Gasteiger partial charge in [-0.1, -0.05) is 0 Å². The van der Waals surface area contributed by atoms with Crippen molar-refractivity contribution in [3.05, 3.63) is 54.4 Å². The second kappa shape index (κ2) is 9.07. The maximum Gasteiger partial charge on any atom is 0.247 e. The number of hydrogen-bond donors (Lipinski definition) is 0. The van der Waals surface area contributed by atoms with Gasteiger partial charge in [0.05, 0.1) is 24.5 Å². The number of nitrogens with zero attached hydrogens (tertiary/aromatic N) is 3. The van der Waals surface area contributed by atoms with Crippen LogP contribution < -0.4 is 9.47 Å². The number of sulfonamides is 1. The van der Waals surface area contributed by atoms with Crippen molar-refractivity contribution in [1.29, 1.82) is 0 Å². The smallest absolute Gasteiger partial charge is 0.247 e. The van der Waals surface area contributed by atoms with E-state index in [9.17, 15) is 8.42 Å². The minimum atomic E-state index is -3.61. The van der Waals surface area contributed by atoms with E-state index in [0.29, 0.717) is 37.2 Å². The highest BCUT2D eigenvalue weighted by Crippen LogP contribution is 2.32. The van der Waals surface area contributed by atoms with E-state index < -0.39 is 10.0 Å². The third-order valence-corrected chi connectivity index (χ3v) is 7.16. The summed E-state index contributed by atoms with van der Waals surface area (Å²) in [5.74, 6) is 2.10. The van der Waals surface area contributed by atoms with E-state index in [1.165, 1.54) is 4.31 Å². The Hall–Kier alpha value is -2.91. The monoisotopic (exact) mass is 443 g/mol. The van der Waals surface area contributed by atoms with Crippen LogP contribution in [0.15, 0.2) is 57.8 Å². The lowest BCUT2D eigenvalue weighted by Crippen LogP contribution is -2.39. The third-order valence-electron chi connectivity index (χ3n) is 5.28. The van der Waals surface area contributed by atoms with Crippen LogP contribution in [0.25, 0.3) is 11.5 Å². The Balaban J connectivity index is 1.50. The molecule has 1 aliphatic rings. The lowest BCUT2D eigenvalue weighted by atomic mass is 10.00. The number of hydrogen-bond acceptors (Lipinski definition) is 7. The van der Waals surface area contributed by atoms with Gasteiger partial charge >= 0.3 is 0 Å². The average molecular weight is 444 g/mol. The summed E-state index contributed by atoms with van der Waals surface area (Å²) in [7, 11) is -2.01. The fourth-order valence-electron chi connectivity index (χ4n) is 3.64. The van der Waals surface area contributed by atoms with Crippen LogP contribution in [0.4, 0.5) is 0 Å². The fourth-order valence-corrected chi connectivity index (χ4v) is 5.16. The zero-order chi connectivity index (χ0) is 21.8. The van der Waals surface area contributed by atoms with Gasteiger partial charge in [-0.15, -0.1) is 10.2 Å². The van der Waals surface area contributed by atoms with E-state index in [1.54, 1.807) is 31.4 Å². The molecule has 31 heavy (non-hydrogen) atoms. The fraction of sp³-hybridized carbons (Fsp3) is 0.364. The summed E-state index contributed by atoms with van der Waals surface area (Å²) >= 11 is 0. The molecule has 4 rings (SSSR count). The van der Waals surface area contributed by atoms with Gasteiger partial charge in [0.2, 0.25) is 21.8 Å². The Morgan fingerprint density at radius 2 is 1.77 bits per heavy atom. The minimum absolute atomic E-state index is 0.147. The minimum Gasteiger partial charge on any atom is -0.497 e. The number of rotatable bonds is 7. The van der Waals surface area contributed by atoms with Gasteiger partial charge in [-0.3, -0.25) is 0 Å². The molecule has 1 fully saturated rings. The normalized spacial score (nSPS) is 17.4. The van der Waals surface area contributed by atoms with Crippen LogP contribution in [0, 0.1) is 0 Å². The molecule has 1 saturated heterocycles. The van der Waals surface area contributed by atoms with Crippen molar-refractivity contribution in [2.45, 2.75) is 30.6 Å². The predicted octanol–water partition coefficient (Wildman–Crippen LogP) is 3.71. The summed E-state index contributed by atoms with van der Waals surface area (Å²) in [4.78, 5) is 0.251. The van der Waals surface area contributed by atoms with Gasteiger partial charge in [0, 0.05) is 18.7 Å². The first-order chi connectivity index (χ1) is 15.0. The molecule has 2 aromatic carbocycles. The second-order valence-corrected chi connectivity index (χ2v) is 9.22. The van der Waals surface area contributed by atoms with E-state index in [-0.39, 0.29) is 10.8 Å². The van der Waals surface area contributed by atoms with Crippen LogP contribution in [-0.4, -0.2) is 49.7 Å². The topological polar surface area (TPSA) is 94.8 Å². The van der Waals surface area contributed by atoms with Crippen LogP contribution in [0.2, 0.25) is 0 Å². The molecule has 1 aliphatic heterocycles. The lowest BCUT2D eigenvalue weighted by Gasteiger charge is -2.30. The predicted molar refractivity (Wildman–Crippen MR) is 115 cm³/mol. The number of benzene rings is 2. The first kappa shape index (κ1) is 21.3. The van der Waals surface area contributed by atoms with Gasteiger partial charge in [-0.05, 0) is 68.3 Å². The highest BCUT2D eigenvalue weighted by atomic mass is 32.2. The van der Waals surface area contributed by atoms with Gasteiger partial charge in [0.25, 0.3) is 0 Å². The summed E-state index contributed by atoms with van der Waals surface area (Å²) in [5, 5.41) is 8.34. The van der Waals surface area contributed by atoms with Gasteiger partial charge in [0.1, 0.15) is 11.5 Å². The highest BCUT2D eigenvalue weighted by Gasteiger charge is 2.33. The second-order valence-electron chi connectivity index (χ2n) is 7.28. The summed E-state index contributed by atoms with van der Waals surface area (Å²) in [6.07, 6.45) is 1.51. The standard InChI is InChI=1S/C22H25N3O5S/c1-3-29-19-10-12-20(13-11-19)31(26,27)25-14-4-5-17(15-25)22-24-23-21(30-22)16-6-8-18(28-2)9-7-16/h6-13,17H,3-5,14-15H2,1-2H3/t17-/m0/s1. The van der Waals surface area contributed by atoms with Crippen molar-refractivity contribution >= 4 is 10.0 Å². The number of ether oxygens (including phenoxy) is 2. The molecular weight excluding hydrogens is 418 g/mol. The molecule has 3 aromatic rings. The number of piperidine rings is 1. The summed E-state index contributed by atoms with van der Waals surface area (Å²) in [6, 6.07) is 13.9. The van der Waals surface area contributed by atoms with Crippen molar-refractivity contribution in [3.8, 4) is 23.0 Å². The van der Waals surface area contributed by atoms with Crippen LogP contribution >= 0.6 is 0 Å². The molecule has 164 valence electrons. The maximum absolute atomic E-state index is 13.1. The van der Waals surface area contributed by atoms with Crippen molar-refractivity contribution in [1.82, 2.24) is 14.5 Å². The van der Waals surface area contributed by atoms with Crippen molar-refractivity contribution in [2.75, 3.05) is 26.8 Å². The van der Waals surface area contributed by atoms with E-state index in [0.717, 1.165) is 24.2 Å². The molecule has 0 aliphatic carbocycles. The molecule has 2 heterocycles. The van der Waals surface area contributed by atoms with E-state index in [4.69, 9.17) is 13.9 Å². The van der Waals surface area contributed by atoms with Crippen LogP contribution in [-0.2, 0) is 10.0 Å². The molecule has 0 unspecified atom stereocenters. The number of methoxy groups -OCH3 is 1. The molecule has 0 spiro atoms. The summed E-state index contributed by atoms with van der Waals surface area (Å²) in [5.41, 5.74) is 0.786. The molecule has 0 bridgehead atoms. The molecule has 0 N–H and O–H groups in total. The summed E-state index contributed by atoms with van der Waals surface area (Å²) < 4.78 is 44.2. The first-order valence-corrected chi connectivity index (χ1v) is 11.7. The van der Waals surface area contributed by atoms with Crippen molar-refractivity contribution in [2.24, 2.45) is 0 Å². The van der Waals surface area contributed by atoms with Crippen LogP contribution in [0.1, 0.15) is 31.6 Å². The van der Waals surface area contributed by atoms with Gasteiger partial charge in [-0.2, -0.15) is 4.31 Å². The Bertz CT molecular complexity index is 1110. The molecule has 9 heteroatoms. The van der Waals surface area contributed by atoms with E-state index >= 15 is 0 Å². The van der Waals surface area contributed by atoms with Gasteiger partial charge < -0.3 is 13.9 Å². The first-order valence-electron chi connectivity index (χ1n) is 10.2. The highest BCUT2D eigenvalue weighted by molar-refractivity contribution is 7.89. The largest absolute Gasteiger partial charge is 0.497 e. The Labute approximate surface area is 181 Å². The molecule has 8 nitrogen and oxygen atoms in total. The molecular formula is C22H25N3O5S. The van der Waals surface area contributed by atoms with E-state index in [2.05, 4.69) is 10.2 Å². The Kier molecular flexibility index (Phi) is 6.24. The summed E-state index contributed by atoms with van der Waals surface area (Å²) in [6.45, 7) is 3.18. The van der Waals surface area contributed by atoms with Crippen molar-refractivity contribution in [3.63, 3.8) is 0 Å². The van der Waals surface area contributed by atoms with Gasteiger partial charge in [-0.25, -0.2) is 8.42 Å².